The molecule has 5 nitrogen and oxygen atoms in total. The summed E-state index contributed by atoms with van der Waals surface area (Å²) >= 11 is 2.99. The summed E-state index contributed by atoms with van der Waals surface area (Å²) in [5.41, 5.74) is 5.24. The molecule has 78 valence electrons. The van der Waals surface area contributed by atoms with E-state index in [4.69, 9.17) is 5.73 Å². The second-order valence-electron chi connectivity index (χ2n) is 2.39. The highest BCUT2D eigenvalue weighted by molar-refractivity contribution is 8.01. The van der Waals surface area contributed by atoms with Gasteiger partial charge >= 0.3 is 0 Å². The van der Waals surface area contributed by atoms with Crippen molar-refractivity contribution in [1.29, 1.82) is 0 Å². The third-order valence-electron chi connectivity index (χ3n) is 1.29. The number of carbonyl (C=O) groups is 1. The Balaban J connectivity index is 2.46. The lowest BCUT2D eigenvalue weighted by molar-refractivity contribution is -0.116. The minimum absolute atomic E-state index is 0.114. The number of nitrogens with zero attached hydrogens (tertiary/aromatic N) is 2. The first-order valence-electron chi connectivity index (χ1n) is 4.22. The molecule has 0 radical (unpaired) electrons. The van der Waals surface area contributed by atoms with E-state index < -0.39 is 0 Å². The van der Waals surface area contributed by atoms with Crippen LogP contribution in [-0.2, 0) is 4.79 Å². The Bertz CT molecular complexity index is 302. The van der Waals surface area contributed by atoms with Crippen LogP contribution in [0.2, 0.25) is 0 Å². The smallest absolute Gasteiger partial charge is 0.227 e. The van der Waals surface area contributed by atoms with Gasteiger partial charge in [0.05, 0.1) is 0 Å². The fraction of sp³-hybridized carbons (Fsp3) is 0.571. The molecule has 0 atom stereocenters. The van der Waals surface area contributed by atoms with E-state index in [1.165, 1.54) is 11.3 Å². The van der Waals surface area contributed by atoms with Crippen molar-refractivity contribution in [2.45, 2.75) is 17.7 Å². The summed E-state index contributed by atoms with van der Waals surface area (Å²) in [5, 5.41) is 10.9. The predicted octanol–water partition coefficient (Wildman–Crippen LogP) is 0.937. The van der Waals surface area contributed by atoms with E-state index in [9.17, 15) is 4.79 Å². The van der Waals surface area contributed by atoms with Crippen molar-refractivity contribution >= 4 is 34.1 Å². The van der Waals surface area contributed by atoms with Crippen molar-refractivity contribution in [2.75, 3.05) is 17.6 Å². The third kappa shape index (κ3) is 3.60. The molecule has 0 aliphatic rings. The quantitative estimate of drug-likeness (QED) is 0.583. The molecule has 1 rings (SSSR count). The van der Waals surface area contributed by atoms with E-state index >= 15 is 0 Å². The molecule has 0 aromatic carbocycles. The second kappa shape index (κ2) is 5.94. The van der Waals surface area contributed by atoms with Crippen molar-refractivity contribution < 1.29 is 4.79 Å². The lowest BCUT2D eigenvalue weighted by Crippen LogP contribution is -2.15. The SMILES string of the molecule is CCSc1nnc(NC(=O)CCN)s1. The number of thioether (sulfide) groups is 1. The molecule has 7 heteroatoms. The van der Waals surface area contributed by atoms with Gasteiger partial charge in [-0.25, -0.2) is 0 Å². The molecule has 1 amide bonds. The summed E-state index contributed by atoms with van der Waals surface area (Å²) < 4.78 is 0.871. The Hall–Kier alpha value is -0.660. The van der Waals surface area contributed by atoms with Crippen molar-refractivity contribution in [3.8, 4) is 0 Å². The standard InChI is InChI=1S/C7H12N4OS2/c1-2-13-7-11-10-6(14-7)9-5(12)3-4-8/h2-4,8H2,1H3,(H,9,10,12). The Labute approximate surface area is 90.5 Å². The van der Waals surface area contributed by atoms with Gasteiger partial charge in [-0.1, -0.05) is 30.0 Å². The molecule has 0 saturated heterocycles. The Kier molecular flexibility index (Phi) is 4.85. The molecular weight excluding hydrogens is 220 g/mol. The first-order chi connectivity index (χ1) is 6.76. The zero-order valence-electron chi connectivity index (χ0n) is 7.82. The summed E-state index contributed by atoms with van der Waals surface area (Å²) in [6.07, 6.45) is 0.315. The van der Waals surface area contributed by atoms with Crippen LogP contribution in [0.1, 0.15) is 13.3 Å². The summed E-state index contributed by atoms with van der Waals surface area (Å²) in [4.78, 5) is 11.1. The fourth-order valence-corrected chi connectivity index (χ4v) is 2.42. The number of aromatic nitrogens is 2. The molecule has 0 spiro atoms. The molecule has 0 unspecified atom stereocenters. The number of hydrogen-bond donors (Lipinski definition) is 2. The molecular formula is C7H12N4OS2. The van der Waals surface area contributed by atoms with E-state index in [0.717, 1.165) is 10.1 Å². The van der Waals surface area contributed by atoms with Gasteiger partial charge in [-0.2, -0.15) is 0 Å². The number of rotatable bonds is 5. The molecule has 0 fully saturated rings. The van der Waals surface area contributed by atoms with Crippen molar-refractivity contribution in [2.24, 2.45) is 5.73 Å². The maximum atomic E-state index is 11.1. The van der Waals surface area contributed by atoms with Gasteiger partial charge in [-0.3, -0.25) is 4.79 Å². The van der Waals surface area contributed by atoms with Crippen molar-refractivity contribution in [1.82, 2.24) is 10.2 Å². The number of carbonyl (C=O) groups excluding carboxylic acids is 1. The van der Waals surface area contributed by atoms with E-state index in [2.05, 4.69) is 15.5 Å². The zero-order valence-corrected chi connectivity index (χ0v) is 9.45. The fourth-order valence-electron chi connectivity index (χ4n) is 0.755. The molecule has 14 heavy (non-hydrogen) atoms. The minimum Gasteiger partial charge on any atom is -0.330 e. The number of amides is 1. The lowest BCUT2D eigenvalue weighted by Gasteiger charge is -1.96. The highest BCUT2D eigenvalue weighted by Gasteiger charge is 2.06. The highest BCUT2D eigenvalue weighted by atomic mass is 32.2. The van der Waals surface area contributed by atoms with Gasteiger partial charge in [0.25, 0.3) is 0 Å². The first kappa shape index (κ1) is 11.4. The Morgan fingerprint density at radius 2 is 2.43 bits per heavy atom. The largest absolute Gasteiger partial charge is 0.330 e. The molecule has 3 N–H and O–H groups in total. The third-order valence-corrected chi connectivity index (χ3v) is 3.15. The van der Waals surface area contributed by atoms with Gasteiger partial charge < -0.3 is 11.1 Å². The zero-order chi connectivity index (χ0) is 10.4. The second-order valence-corrected chi connectivity index (χ2v) is 4.88. The van der Waals surface area contributed by atoms with Gasteiger partial charge in [0.15, 0.2) is 4.34 Å². The lowest BCUT2D eigenvalue weighted by atomic mass is 10.4. The van der Waals surface area contributed by atoms with Gasteiger partial charge in [0.1, 0.15) is 0 Å². The van der Waals surface area contributed by atoms with Crippen LogP contribution >= 0.6 is 23.1 Å². The Morgan fingerprint density at radius 1 is 1.64 bits per heavy atom. The molecule has 0 bridgehead atoms. The van der Waals surface area contributed by atoms with Crippen molar-refractivity contribution in [3.05, 3.63) is 0 Å². The number of nitrogens with two attached hydrogens (primary N) is 1. The molecule has 0 aliphatic carbocycles. The summed E-state index contributed by atoms with van der Waals surface area (Å²) in [6, 6.07) is 0. The van der Waals surface area contributed by atoms with Crippen LogP contribution in [0.15, 0.2) is 4.34 Å². The average molecular weight is 232 g/mol. The monoisotopic (exact) mass is 232 g/mol. The summed E-state index contributed by atoms with van der Waals surface area (Å²) in [5.74, 6) is 0.836. The predicted molar refractivity (Wildman–Crippen MR) is 58.6 cm³/mol. The molecule has 0 saturated carbocycles. The average Bonchev–Trinajstić information content (AvgIpc) is 2.53. The molecule has 1 aromatic heterocycles. The normalized spacial score (nSPS) is 10.1. The van der Waals surface area contributed by atoms with Gasteiger partial charge in [0, 0.05) is 13.0 Å². The van der Waals surface area contributed by atoms with Crippen LogP contribution in [-0.4, -0.2) is 28.4 Å². The topological polar surface area (TPSA) is 80.9 Å². The number of nitrogens with one attached hydrogen (secondary N) is 1. The number of anilines is 1. The number of hydrogen-bond acceptors (Lipinski definition) is 6. The van der Waals surface area contributed by atoms with Crippen LogP contribution in [0.5, 0.6) is 0 Å². The van der Waals surface area contributed by atoms with E-state index in [0.29, 0.717) is 18.1 Å². The molecule has 0 aliphatic heterocycles. The molecule has 1 heterocycles. The summed E-state index contributed by atoms with van der Waals surface area (Å²) in [6.45, 7) is 2.39. The van der Waals surface area contributed by atoms with E-state index in [-0.39, 0.29) is 5.91 Å². The van der Waals surface area contributed by atoms with Crippen LogP contribution in [0.25, 0.3) is 0 Å². The maximum Gasteiger partial charge on any atom is 0.227 e. The minimum atomic E-state index is -0.114. The van der Waals surface area contributed by atoms with Crippen LogP contribution in [0, 0.1) is 0 Å². The van der Waals surface area contributed by atoms with Crippen molar-refractivity contribution in [3.63, 3.8) is 0 Å². The van der Waals surface area contributed by atoms with E-state index in [1.54, 1.807) is 11.8 Å². The first-order valence-corrected chi connectivity index (χ1v) is 6.02. The van der Waals surface area contributed by atoms with Crippen LogP contribution < -0.4 is 11.1 Å². The maximum absolute atomic E-state index is 11.1. The summed E-state index contributed by atoms with van der Waals surface area (Å²) in [7, 11) is 0. The Morgan fingerprint density at radius 3 is 3.07 bits per heavy atom. The molecule has 1 aromatic rings. The van der Waals surface area contributed by atoms with Gasteiger partial charge in [0.2, 0.25) is 11.0 Å². The van der Waals surface area contributed by atoms with E-state index in [1.807, 2.05) is 6.92 Å². The van der Waals surface area contributed by atoms with Gasteiger partial charge in [-0.15, -0.1) is 10.2 Å². The van der Waals surface area contributed by atoms with Crippen LogP contribution in [0.4, 0.5) is 5.13 Å². The van der Waals surface area contributed by atoms with Crippen LogP contribution in [0.3, 0.4) is 0 Å². The highest BCUT2D eigenvalue weighted by Crippen LogP contribution is 2.24. The van der Waals surface area contributed by atoms with Gasteiger partial charge in [-0.05, 0) is 5.75 Å².